The number of carbonyl (C=O) groups excluding carboxylic acids is 1. The molecule has 3 N–H and O–H groups in total. The van der Waals surface area contributed by atoms with Crippen molar-refractivity contribution >= 4 is 5.91 Å². The van der Waals surface area contributed by atoms with Crippen LogP contribution in [-0.4, -0.2) is 34.9 Å². The minimum Gasteiger partial charge on any atom is -0.368 e. The summed E-state index contributed by atoms with van der Waals surface area (Å²) in [5.74, 6) is -0.238. The van der Waals surface area contributed by atoms with Gasteiger partial charge in [0, 0.05) is 32.0 Å². The maximum atomic E-state index is 11.4. The molecule has 0 spiro atoms. The third kappa shape index (κ3) is 4.21. The van der Waals surface area contributed by atoms with Gasteiger partial charge in [0.25, 0.3) is 0 Å². The Kier molecular flexibility index (Phi) is 5.10. The van der Waals surface area contributed by atoms with Crippen LogP contribution in [0, 0.1) is 0 Å². The van der Waals surface area contributed by atoms with E-state index in [1.54, 1.807) is 0 Å². The summed E-state index contributed by atoms with van der Waals surface area (Å²) >= 11 is 0. The lowest BCUT2D eigenvalue weighted by atomic mass is 10.1. The van der Waals surface area contributed by atoms with Crippen LogP contribution in [0.2, 0.25) is 0 Å². The third-order valence-electron chi connectivity index (χ3n) is 4.32. The van der Waals surface area contributed by atoms with Crippen molar-refractivity contribution in [2.45, 2.75) is 31.8 Å². The summed E-state index contributed by atoms with van der Waals surface area (Å²) in [6.07, 6.45) is 9.29. The zero-order chi connectivity index (χ0) is 16.1. The maximum Gasteiger partial charge on any atom is 0.236 e. The molecule has 2 heterocycles. The van der Waals surface area contributed by atoms with Crippen LogP contribution >= 0.6 is 0 Å². The predicted octanol–water partition coefficient (Wildman–Crippen LogP) is 1.74. The van der Waals surface area contributed by atoms with Gasteiger partial charge < -0.3 is 10.6 Å². The highest BCUT2D eigenvalue weighted by molar-refractivity contribution is 5.80. The van der Waals surface area contributed by atoms with E-state index in [4.69, 9.17) is 5.73 Å². The van der Waals surface area contributed by atoms with E-state index in [9.17, 15) is 4.79 Å². The van der Waals surface area contributed by atoms with E-state index >= 15 is 0 Å². The van der Waals surface area contributed by atoms with Gasteiger partial charge in [0.2, 0.25) is 5.91 Å². The first-order valence-electron chi connectivity index (χ1n) is 8.18. The van der Waals surface area contributed by atoms with Crippen molar-refractivity contribution in [3.63, 3.8) is 0 Å². The lowest BCUT2D eigenvalue weighted by Gasteiger charge is -2.26. The fourth-order valence-electron chi connectivity index (χ4n) is 3.13. The molecule has 1 aromatic rings. The van der Waals surface area contributed by atoms with Crippen molar-refractivity contribution in [1.82, 2.24) is 15.3 Å². The summed E-state index contributed by atoms with van der Waals surface area (Å²) in [7, 11) is 0. The van der Waals surface area contributed by atoms with Crippen molar-refractivity contribution in [3.05, 3.63) is 59.9 Å². The lowest BCUT2D eigenvalue weighted by Crippen LogP contribution is -2.48. The van der Waals surface area contributed by atoms with Crippen molar-refractivity contribution in [3.8, 4) is 0 Å². The highest BCUT2D eigenvalue weighted by Crippen LogP contribution is 2.17. The quantitative estimate of drug-likeness (QED) is 0.840. The van der Waals surface area contributed by atoms with Gasteiger partial charge in [-0.2, -0.15) is 0 Å². The molecule has 3 rings (SSSR count). The number of hydrogen-bond donors (Lipinski definition) is 2. The number of primary amides is 1. The van der Waals surface area contributed by atoms with Crippen molar-refractivity contribution < 1.29 is 4.79 Å². The molecule has 1 amide bonds. The number of hydrogen-bond acceptors (Lipinski definition) is 4. The van der Waals surface area contributed by atoms with Gasteiger partial charge in [-0.15, -0.1) is 0 Å². The Bertz CT molecular complexity index is 596. The minimum absolute atomic E-state index is 0.171. The second kappa shape index (κ2) is 7.44. The number of nitrogens with two attached hydrogens (primary N) is 1. The van der Waals surface area contributed by atoms with Gasteiger partial charge in [-0.3, -0.25) is 10.2 Å². The summed E-state index contributed by atoms with van der Waals surface area (Å²) in [5.41, 5.74) is 11.4. The summed E-state index contributed by atoms with van der Waals surface area (Å²) in [6.45, 7) is 2.50. The Balaban J connectivity index is 1.54. The normalized spacial score (nSPS) is 21.5. The van der Waals surface area contributed by atoms with Crippen LogP contribution in [0.15, 0.2) is 54.4 Å². The zero-order valence-corrected chi connectivity index (χ0v) is 13.3. The summed E-state index contributed by atoms with van der Waals surface area (Å²) < 4.78 is 0. The molecule has 1 aromatic carbocycles. The summed E-state index contributed by atoms with van der Waals surface area (Å²) in [5, 5.41) is 1.99. The molecule has 5 heteroatoms. The molecule has 0 aromatic heterocycles. The van der Waals surface area contributed by atoms with E-state index < -0.39 is 0 Å². The van der Waals surface area contributed by atoms with Gasteiger partial charge in [0.15, 0.2) is 0 Å². The van der Waals surface area contributed by atoms with E-state index in [0.29, 0.717) is 0 Å². The highest BCUT2D eigenvalue weighted by Gasteiger charge is 2.28. The molecule has 2 aliphatic heterocycles. The minimum atomic E-state index is -0.238. The number of hydrazine groups is 1. The number of benzene rings is 1. The van der Waals surface area contributed by atoms with Crippen LogP contribution in [0.4, 0.5) is 0 Å². The number of nitrogens with zero attached hydrogens (tertiary/aromatic N) is 2. The molecule has 1 fully saturated rings. The van der Waals surface area contributed by atoms with Crippen LogP contribution in [0.5, 0.6) is 0 Å². The van der Waals surface area contributed by atoms with Gasteiger partial charge in [-0.1, -0.05) is 36.4 Å². The molecule has 122 valence electrons. The van der Waals surface area contributed by atoms with Crippen LogP contribution in [0.1, 0.15) is 24.8 Å². The smallest absolute Gasteiger partial charge is 0.236 e. The molecule has 0 saturated carbocycles. The topological polar surface area (TPSA) is 61.6 Å². The van der Waals surface area contributed by atoms with Crippen molar-refractivity contribution in [2.75, 3.05) is 13.1 Å². The average Bonchev–Trinajstić information content (AvgIpc) is 3.03. The molecule has 2 aliphatic rings. The molecule has 5 nitrogen and oxygen atoms in total. The van der Waals surface area contributed by atoms with Crippen molar-refractivity contribution in [1.29, 1.82) is 0 Å². The summed E-state index contributed by atoms with van der Waals surface area (Å²) in [4.78, 5) is 13.6. The fraction of sp³-hybridized carbons (Fsp3) is 0.389. The van der Waals surface area contributed by atoms with Gasteiger partial charge in [0.05, 0.1) is 0 Å². The van der Waals surface area contributed by atoms with E-state index in [0.717, 1.165) is 38.9 Å². The molecule has 0 aliphatic carbocycles. The molecular formula is C18H24N4O. The summed E-state index contributed by atoms with van der Waals surface area (Å²) in [6, 6.07) is 10.3. The number of amides is 1. The Labute approximate surface area is 137 Å². The number of carbonyl (C=O) groups is 1. The van der Waals surface area contributed by atoms with E-state index in [-0.39, 0.29) is 11.9 Å². The average molecular weight is 312 g/mol. The van der Waals surface area contributed by atoms with Crippen LogP contribution in [0.3, 0.4) is 0 Å². The van der Waals surface area contributed by atoms with Gasteiger partial charge in [-0.05, 0) is 30.4 Å². The SMILES string of the molecule is NC(=O)C1CCCN1NCC1=CN(Cc2ccccc2)C=CC1. The van der Waals surface area contributed by atoms with Gasteiger partial charge in [0.1, 0.15) is 6.04 Å². The van der Waals surface area contributed by atoms with Gasteiger partial charge in [-0.25, -0.2) is 5.01 Å². The molecule has 23 heavy (non-hydrogen) atoms. The predicted molar refractivity (Wildman–Crippen MR) is 90.8 cm³/mol. The zero-order valence-electron chi connectivity index (χ0n) is 13.3. The first-order chi connectivity index (χ1) is 11.2. The maximum absolute atomic E-state index is 11.4. The Hall–Kier alpha value is -2.11. The Morgan fingerprint density at radius 1 is 1.30 bits per heavy atom. The van der Waals surface area contributed by atoms with E-state index in [1.807, 2.05) is 11.1 Å². The van der Waals surface area contributed by atoms with Crippen molar-refractivity contribution in [2.24, 2.45) is 5.73 Å². The van der Waals surface area contributed by atoms with Gasteiger partial charge >= 0.3 is 0 Å². The number of allylic oxidation sites excluding steroid dienone is 1. The van der Waals surface area contributed by atoms with E-state index in [1.165, 1.54) is 11.1 Å². The molecule has 0 bridgehead atoms. The van der Waals surface area contributed by atoms with Crippen LogP contribution in [0.25, 0.3) is 0 Å². The Morgan fingerprint density at radius 3 is 2.91 bits per heavy atom. The second-order valence-corrected chi connectivity index (χ2v) is 6.12. The third-order valence-corrected chi connectivity index (χ3v) is 4.32. The first kappa shape index (κ1) is 15.8. The fourth-order valence-corrected chi connectivity index (χ4v) is 3.13. The second-order valence-electron chi connectivity index (χ2n) is 6.12. The standard InChI is InChI=1S/C18H24N4O/c19-18(23)17-9-5-11-22(17)20-12-16-8-4-10-21(14-16)13-15-6-2-1-3-7-15/h1-4,6-7,10,14,17,20H,5,8-9,11-13H2,(H2,19,23). The monoisotopic (exact) mass is 312 g/mol. The van der Waals surface area contributed by atoms with E-state index in [2.05, 4.69) is 53.1 Å². The lowest BCUT2D eigenvalue weighted by molar-refractivity contribution is -0.123. The molecule has 0 radical (unpaired) electrons. The van der Waals surface area contributed by atoms with Crippen LogP contribution in [-0.2, 0) is 11.3 Å². The Morgan fingerprint density at radius 2 is 2.13 bits per heavy atom. The highest BCUT2D eigenvalue weighted by atomic mass is 16.1. The molecule has 1 saturated heterocycles. The number of rotatable bonds is 6. The molecule has 1 unspecified atom stereocenters. The first-order valence-corrected chi connectivity index (χ1v) is 8.18. The number of nitrogens with one attached hydrogen (secondary N) is 1. The molecule has 1 atom stereocenters. The largest absolute Gasteiger partial charge is 0.368 e. The molecular weight excluding hydrogens is 288 g/mol. The van der Waals surface area contributed by atoms with Crippen LogP contribution < -0.4 is 11.2 Å².